The van der Waals surface area contributed by atoms with Crippen LogP contribution in [0.2, 0.25) is 5.02 Å². The van der Waals surface area contributed by atoms with Gasteiger partial charge in [0.15, 0.2) is 11.5 Å². The molecule has 0 radical (unpaired) electrons. The highest BCUT2D eigenvalue weighted by Crippen LogP contribution is 2.29. The Balaban J connectivity index is 1.78. The normalized spacial score (nSPS) is 10.4. The van der Waals surface area contributed by atoms with Crippen LogP contribution in [-0.4, -0.2) is 20.3 Å². The lowest BCUT2D eigenvalue weighted by Gasteiger charge is -2.12. The number of hydrogen-bond acceptors (Lipinski definition) is 3. The maximum absolute atomic E-state index is 6.09. The summed E-state index contributed by atoms with van der Waals surface area (Å²) < 4.78 is 17.6. The van der Waals surface area contributed by atoms with Gasteiger partial charge in [-0.05, 0) is 42.8 Å². The quantitative estimate of drug-likeness (QED) is 0.608. The van der Waals surface area contributed by atoms with Gasteiger partial charge in [0.05, 0.1) is 25.3 Å². The first-order chi connectivity index (χ1) is 10.6. The summed E-state index contributed by atoms with van der Waals surface area (Å²) in [5.41, 5.74) is 1.14. The van der Waals surface area contributed by atoms with Crippen molar-refractivity contribution in [3.05, 3.63) is 51.5 Å². The molecule has 22 heavy (non-hydrogen) atoms. The molecule has 0 atom stereocenters. The number of hydrogen-bond donors (Lipinski definition) is 0. The third-order valence-corrected chi connectivity index (χ3v) is 3.81. The fraction of sp³-hybridized carbons (Fsp3) is 0.294. The minimum absolute atomic E-state index is 0.537. The number of methoxy groups -OCH3 is 1. The molecule has 2 rings (SSSR count). The molecule has 0 spiro atoms. The van der Waals surface area contributed by atoms with E-state index in [4.69, 9.17) is 25.8 Å². The van der Waals surface area contributed by atoms with Crippen molar-refractivity contribution in [3.8, 4) is 17.2 Å². The van der Waals surface area contributed by atoms with Crippen molar-refractivity contribution < 1.29 is 14.2 Å². The van der Waals surface area contributed by atoms with Gasteiger partial charge < -0.3 is 14.2 Å². The average Bonchev–Trinajstić information content (AvgIpc) is 2.50. The Morgan fingerprint density at radius 3 is 2.32 bits per heavy atom. The molecule has 0 fully saturated rings. The van der Waals surface area contributed by atoms with Gasteiger partial charge in [-0.15, -0.1) is 0 Å². The van der Waals surface area contributed by atoms with Crippen LogP contribution in [0.25, 0.3) is 0 Å². The maximum Gasteiger partial charge on any atom is 0.161 e. The lowest BCUT2D eigenvalue weighted by atomic mass is 10.2. The van der Waals surface area contributed by atoms with Crippen LogP contribution in [-0.2, 0) is 0 Å². The summed E-state index contributed by atoms with van der Waals surface area (Å²) in [6, 6.07) is 11.4. The maximum atomic E-state index is 6.09. The molecular weight excluding hydrogens is 368 g/mol. The number of halogens is 2. The van der Waals surface area contributed by atoms with E-state index in [1.165, 1.54) is 0 Å². The molecule has 0 bridgehead atoms. The lowest BCUT2D eigenvalue weighted by molar-refractivity contribution is 0.240. The third kappa shape index (κ3) is 4.82. The molecule has 0 saturated carbocycles. The summed E-state index contributed by atoms with van der Waals surface area (Å²) in [7, 11) is 1.64. The first kappa shape index (κ1) is 17.0. The van der Waals surface area contributed by atoms with Crippen molar-refractivity contribution in [2.45, 2.75) is 13.3 Å². The van der Waals surface area contributed by atoms with Crippen molar-refractivity contribution in [2.75, 3.05) is 20.3 Å². The van der Waals surface area contributed by atoms with Gasteiger partial charge in [0.1, 0.15) is 5.75 Å². The highest BCUT2D eigenvalue weighted by Gasteiger charge is 2.05. The molecule has 0 aliphatic heterocycles. The first-order valence-electron chi connectivity index (χ1n) is 6.95. The van der Waals surface area contributed by atoms with Gasteiger partial charge in [0.25, 0.3) is 0 Å². The van der Waals surface area contributed by atoms with Gasteiger partial charge in [0.2, 0.25) is 0 Å². The zero-order valence-corrected chi connectivity index (χ0v) is 14.9. The van der Waals surface area contributed by atoms with E-state index < -0.39 is 0 Å². The first-order valence-corrected chi connectivity index (χ1v) is 8.12. The molecule has 0 N–H and O–H groups in total. The van der Waals surface area contributed by atoms with Crippen LogP contribution in [0.4, 0.5) is 0 Å². The van der Waals surface area contributed by atoms with Crippen LogP contribution in [0.5, 0.6) is 17.2 Å². The van der Waals surface area contributed by atoms with Gasteiger partial charge in [-0.2, -0.15) is 0 Å². The van der Waals surface area contributed by atoms with E-state index in [9.17, 15) is 0 Å². The van der Waals surface area contributed by atoms with Crippen LogP contribution in [0.15, 0.2) is 40.9 Å². The molecule has 118 valence electrons. The largest absolute Gasteiger partial charge is 0.493 e. The monoisotopic (exact) mass is 384 g/mol. The summed E-state index contributed by atoms with van der Waals surface area (Å²) in [5.74, 6) is 2.17. The summed E-state index contributed by atoms with van der Waals surface area (Å²) in [5, 5.41) is 0.593. The molecule has 2 aromatic carbocycles. The van der Waals surface area contributed by atoms with Gasteiger partial charge in [0, 0.05) is 10.9 Å². The van der Waals surface area contributed by atoms with Crippen LogP contribution in [0.3, 0.4) is 0 Å². The predicted octanol–water partition coefficient (Wildman–Crippen LogP) is 5.27. The Hall–Kier alpha value is -1.39. The molecule has 0 aromatic heterocycles. The fourth-order valence-corrected chi connectivity index (χ4v) is 2.64. The minimum atomic E-state index is 0.537. The van der Waals surface area contributed by atoms with E-state index >= 15 is 0 Å². The number of ether oxygens (including phenoxy) is 3. The van der Waals surface area contributed by atoms with E-state index in [1.807, 2.05) is 43.3 Å². The summed E-state index contributed by atoms with van der Waals surface area (Å²) in [6.45, 7) is 3.10. The summed E-state index contributed by atoms with van der Waals surface area (Å²) >= 11 is 9.45. The average molecular weight is 386 g/mol. The molecule has 2 aromatic rings. The van der Waals surface area contributed by atoms with Crippen molar-refractivity contribution in [1.29, 1.82) is 0 Å². The van der Waals surface area contributed by atoms with Crippen molar-refractivity contribution in [3.63, 3.8) is 0 Å². The molecule has 5 heteroatoms. The molecule has 0 heterocycles. The second kappa shape index (κ2) is 8.30. The SMILES string of the molecule is COc1cc(C)ccc1OCCCOc1ccc(Br)cc1Cl. The Morgan fingerprint density at radius 2 is 1.64 bits per heavy atom. The molecule has 0 aliphatic carbocycles. The number of rotatable bonds is 7. The van der Waals surface area contributed by atoms with Gasteiger partial charge in [-0.25, -0.2) is 0 Å². The van der Waals surface area contributed by atoms with Crippen LogP contribution in [0, 0.1) is 6.92 Å². The molecule has 0 saturated heterocycles. The van der Waals surface area contributed by atoms with Gasteiger partial charge in [-0.3, -0.25) is 0 Å². The highest BCUT2D eigenvalue weighted by molar-refractivity contribution is 9.10. The zero-order valence-electron chi connectivity index (χ0n) is 12.6. The third-order valence-electron chi connectivity index (χ3n) is 3.02. The molecule has 3 nitrogen and oxygen atoms in total. The predicted molar refractivity (Wildman–Crippen MR) is 92.5 cm³/mol. The summed E-state index contributed by atoms with van der Waals surface area (Å²) in [4.78, 5) is 0. The zero-order chi connectivity index (χ0) is 15.9. The fourth-order valence-electron chi connectivity index (χ4n) is 1.91. The van der Waals surface area contributed by atoms with E-state index in [0.717, 1.165) is 28.0 Å². The van der Waals surface area contributed by atoms with Gasteiger partial charge >= 0.3 is 0 Å². The Bertz CT molecular complexity index is 631. The molecule has 0 amide bonds. The Kier molecular flexibility index (Phi) is 6.40. The molecular formula is C17H18BrClO3. The van der Waals surface area contributed by atoms with Crippen molar-refractivity contribution in [1.82, 2.24) is 0 Å². The molecule has 0 aliphatic rings. The van der Waals surface area contributed by atoms with E-state index in [0.29, 0.717) is 24.0 Å². The van der Waals surface area contributed by atoms with Crippen LogP contribution >= 0.6 is 27.5 Å². The topological polar surface area (TPSA) is 27.7 Å². The second-order valence-corrected chi connectivity index (χ2v) is 6.10. The highest BCUT2D eigenvalue weighted by atomic mass is 79.9. The van der Waals surface area contributed by atoms with E-state index in [1.54, 1.807) is 7.11 Å². The molecule has 0 unspecified atom stereocenters. The lowest BCUT2D eigenvalue weighted by Crippen LogP contribution is -2.06. The smallest absolute Gasteiger partial charge is 0.161 e. The number of aryl methyl sites for hydroxylation is 1. The second-order valence-electron chi connectivity index (χ2n) is 4.78. The van der Waals surface area contributed by atoms with Crippen LogP contribution < -0.4 is 14.2 Å². The van der Waals surface area contributed by atoms with E-state index in [-0.39, 0.29) is 0 Å². The number of benzene rings is 2. The summed E-state index contributed by atoms with van der Waals surface area (Å²) in [6.07, 6.45) is 0.753. The Morgan fingerprint density at radius 1 is 0.955 bits per heavy atom. The minimum Gasteiger partial charge on any atom is -0.493 e. The van der Waals surface area contributed by atoms with Crippen molar-refractivity contribution in [2.24, 2.45) is 0 Å². The van der Waals surface area contributed by atoms with Gasteiger partial charge in [-0.1, -0.05) is 33.6 Å². The Labute approximate surface area is 144 Å². The standard InChI is InChI=1S/C17H18BrClO3/c1-12-4-6-16(17(10-12)20-2)22-9-3-8-21-15-7-5-13(18)11-14(15)19/h4-7,10-11H,3,8-9H2,1-2H3. The van der Waals surface area contributed by atoms with Crippen molar-refractivity contribution >= 4 is 27.5 Å². The van der Waals surface area contributed by atoms with E-state index in [2.05, 4.69) is 15.9 Å². The van der Waals surface area contributed by atoms with Crippen LogP contribution in [0.1, 0.15) is 12.0 Å².